The number of hydrogen-bond donors (Lipinski definition) is 2. The highest BCUT2D eigenvalue weighted by Crippen LogP contribution is 2.11. The van der Waals surface area contributed by atoms with Crippen molar-refractivity contribution in [3.8, 4) is 0 Å². The minimum atomic E-state index is 0. The molecular formula is C14H26IN5. The van der Waals surface area contributed by atoms with Gasteiger partial charge in [0.15, 0.2) is 5.96 Å². The predicted octanol–water partition coefficient (Wildman–Crippen LogP) is 2.36. The number of aliphatic imine (C=N–C) groups is 1. The largest absolute Gasteiger partial charge is 0.370 e. The van der Waals surface area contributed by atoms with Crippen LogP contribution in [0.4, 0.5) is 5.82 Å². The van der Waals surface area contributed by atoms with Crippen LogP contribution in [0.2, 0.25) is 0 Å². The van der Waals surface area contributed by atoms with E-state index in [1.807, 2.05) is 32.2 Å². The van der Waals surface area contributed by atoms with Gasteiger partial charge in [-0.05, 0) is 39.3 Å². The average Bonchev–Trinajstić information content (AvgIpc) is 2.38. The second-order valence-corrected chi connectivity index (χ2v) is 4.70. The molecule has 0 saturated carbocycles. The van der Waals surface area contributed by atoms with Crippen molar-refractivity contribution < 1.29 is 0 Å². The molecule has 0 radical (unpaired) electrons. The number of pyridine rings is 1. The first-order valence-corrected chi connectivity index (χ1v) is 6.83. The standard InChI is InChI=1S/C14H25N5.HI/c1-5-19(6-2)13-8-7-12(9-16-13)10-17-14(15)18-11(3)4;/h7-9,11H,5-6,10H2,1-4H3,(H3,15,17,18);1H. The lowest BCUT2D eigenvalue weighted by Crippen LogP contribution is -2.36. The molecule has 0 amide bonds. The molecule has 3 N–H and O–H groups in total. The Labute approximate surface area is 139 Å². The highest BCUT2D eigenvalue weighted by atomic mass is 127. The fourth-order valence-corrected chi connectivity index (χ4v) is 1.76. The molecule has 5 nitrogen and oxygen atoms in total. The van der Waals surface area contributed by atoms with Crippen LogP contribution in [0, 0.1) is 0 Å². The van der Waals surface area contributed by atoms with Crippen molar-refractivity contribution in [2.75, 3.05) is 18.0 Å². The van der Waals surface area contributed by atoms with Gasteiger partial charge in [0.05, 0.1) is 6.54 Å². The van der Waals surface area contributed by atoms with Crippen LogP contribution in [-0.2, 0) is 6.54 Å². The number of rotatable bonds is 6. The van der Waals surface area contributed by atoms with Crippen LogP contribution in [-0.4, -0.2) is 30.1 Å². The Kier molecular flexibility index (Phi) is 9.28. The molecule has 6 heteroatoms. The summed E-state index contributed by atoms with van der Waals surface area (Å²) >= 11 is 0. The Bertz CT molecular complexity index is 399. The maximum absolute atomic E-state index is 5.75. The number of anilines is 1. The van der Waals surface area contributed by atoms with E-state index in [-0.39, 0.29) is 24.0 Å². The van der Waals surface area contributed by atoms with Gasteiger partial charge in [-0.15, -0.1) is 24.0 Å². The van der Waals surface area contributed by atoms with Crippen molar-refractivity contribution in [1.29, 1.82) is 0 Å². The highest BCUT2D eigenvalue weighted by molar-refractivity contribution is 14.0. The lowest BCUT2D eigenvalue weighted by atomic mass is 10.3. The molecule has 0 spiro atoms. The molecule has 114 valence electrons. The number of nitrogens with two attached hydrogens (primary N) is 1. The number of guanidine groups is 1. The first-order chi connectivity index (χ1) is 9.06. The Balaban J connectivity index is 0.00000361. The van der Waals surface area contributed by atoms with E-state index in [0.717, 1.165) is 24.5 Å². The molecule has 0 aliphatic heterocycles. The lowest BCUT2D eigenvalue weighted by Gasteiger charge is -2.19. The minimum absolute atomic E-state index is 0. The first-order valence-electron chi connectivity index (χ1n) is 6.83. The van der Waals surface area contributed by atoms with E-state index in [1.54, 1.807) is 0 Å². The van der Waals surface area contributed by atoms with Gasteiger partial charge in [0.1, 0.15) is 5.82 Å². The molecule has 1 aromatic rings. The Morgan fingerprint density at radius 3 is 2.45 bits per heavy atom. The van der Waals surface area contributed by atoms with Crippen LogP contribution in [0.15, 0.2) is 23.3 Å². The van der Waals surface area contributed by atoms with Gasteiger partial charge in [0.25, 0.3) is 0 Å². The predicted molar refractivity (Wildman–Crippen MR) is 96.8 cm³/mol. The molecule has 0 atom stereocenters. The van der Waals surface area contributed by atoms with Crippen molar-refractivity contribution in [2.24, 2.45) is 10.7 Å². The molecule has 20 heavy (non-hydrogen) atoms. The van der Waals surface area contributed by atoms with Crippen molar-refractivity contribution >= 4 is 35.8 Å². The summed E-state index contributed by atoms with van der Waals surface area (Å²) in [6.45, 7) is 10.8. The zero-order valence-electron chi connectivity index (χ0n) is 12.8. The third-order valence-electron chi connectivity index (χ3n) is 2.77. The van der Waals surface area contributed by atoms with Crippen LogP contribution in [0.1, 0.15) is 33.3 Å². The van der Waals surface area contributed by atoms with Crippen LogP contribution >= 0.6 is 24.0 Å². The van der Waals surface area contributed by atoms with Crippen molar-refractivity contribution in [3.63, 3.8) is 0 Å². The molecule has 0 bridgehead atoms. The second kappa shape index (κ2) is 9.79. The van der Waals surface area contributed by atoms with Gasteiger partial charge < -0.3 is 16.0 Å². The molecule has 1 rings (SSSR count). The SMILES string of the molecule is CCN(CC)c1ccc(CN=C(N)NC(C)C)cn1.I. The number of nitrogens with zero attached hydrogens (tertiary/aromatic N) is 3. The molecule has 0 aromatic carbocycles. The van der Waals surface area contributed by atoms with E-state index in [0.29, 0.717) is 18.5 Å². The average molecular weight is 391 g/mol. The first kappa shape index (κ1) is 18.9. The summed E-state index contributed by atoms with van der Waals surface area (Å²) in [5, 5.41) is 3.06. The molecule has 1 aromatic heterocycles. The summed E-state index contributed by atoms with van der Waals surface area (Å²) < 4.78 is 0. The number of nitrogens with one attached hydrogen (secondary N) is 1. The minimum Gasteiger partial charge on any atom is -0.370 e. The van der Waals surface area contributed by atoms with Gasteiger partial charge in [-0.1, -0.05) is 6.07 Å². The fraction of sp³-hybridized carbons (Fsp3) is 0.571. The molecule has 0 aliphatic carbocycles. The molecular weight excluding hydrogens is 365 g/mol. The Morgan fingerprint density at radius 1 is 1.35 bits per heavy atom. The third kappa shape index (κ3) is 6.40. The molecule has 0 aliphatic rings. The van der Waals surface area contributed by atoms with E-state index in [1.165, 1.54) is 0 Å². The Hall–Kier alpha value is -1.05. The lowest BCUT2D eigenvalue weighted by molar-refractivity contribution is 0.723. The molecule has 0 unspecified atom stereocenters. The van der Waals surface area contributed by atoms with Gasteiger partial charge in [-0.3, -0.25) is 0 Å². The molecule has 0 fully saturated rings. The van der Waals surface area contributed by atoms with Crippen LogP contribution in [0.3, 0.4) is 0 Å². The van der Waals surface area contributed by atoms with E-state index in [9.17, 15) is 0 Å². The van der Waals surface area contributed by atoms with E-state index in [4.69, 9.17) is 5.73 Å². The van der Waals surface area contributed by atoms with Gasteiger partial charge in [0.2, 0.25) is 0 Å². The quantitative estimate of drug-likeness (QED) is 0.444. The normalized spacial score (nSPS) is 11.2. The zero-order valence-corrected chi connectivity index (χ0v) is 15.1. The zero-order chi connectivity index (χ0) is 14.3. The molecule has 0 saturated heterocycles. The van der Waals surface area contributed by atoms with Crippen LogP contribution in [0.25, 0.3) is 0 Å². The summed E-state index contributed by atoms with van der Waals surface area (Å²) in [5.74, 6) is 1.48. The van der Waals surface area contributed by atoms with Gasteiger partial charge in [0, 0.05) is 25.3 Å². The highest BCUT2D eigenvalue weighted by Gasteiger charge is 2.02. The number of halogens is 1. The topological polar surface area (TPSA) is 66.5 Å². The maximum atomic E-state index is 5.75. The van der Waals surface area contributed by atoms with E-state index < -0.39 is 0 Å². The summed E-state index contributed by atoms with van der Waals surface area (Å²) in [6.07, 6.45) is 1.86. The fourth-order valence-electron chi connectivity index (χ4n) is 1.76. The van der Waals surface area contributed by atoms with Crippen molar-refractivity contribution in [1.82, 2.24) is 10.3 Å². The third-order valence-corrected chi connectivity index (χ3v) is 2.77. The number of hydrogen-bond acceptors (Lipinski definition) is 3. The van der Waals surface area contributed by atoms with Gasteiger partial charge in [-0.2, -0.15) is 0 Å². The van der Waals surface area contributed by atoms with E-state index >= 15 is 0 Å². The number of aromatic nitrogens is 1. The maximum Gasteiger partial charge on any atom is 0.189 e. The smallest absolute Gasteiger partial charge is 0.189 e. The van der Waals surface area contributed by atoms with Crippen molar-refractivity contribution in [2.45, 2.75) is 40.3 Å². The summed E-state index contributed by atoms with van der Waals surface area (Å²) in [6, 6.07) is 4.38. The van der Waals surface area contributed by atoms with Gasteiger partial charge >= 0.3 is 0 Å². The molecule has 1 heterocycles. The van der Waals surface area contributed by atoms with Crippen LogP contribution in [0.5, 0.6) is 0 Å². The van der Waals surface area contributed by atoms with Crippen LogP contribution < -0.4 is 16.0 Å². The summed E-state index contributed by atoms with van der Waals surface area (Å²) in [4.78, 5) is 10.9. The van der Waals surface area contributed by atoms with E-state index in [2.05, 4.69) is 34.0 Å². The summed E-state index contributed by atoms with van der Waals surface area (Å²) in [5.41, 5.74) is 6.81. The van der Waals surface area contributed by atoms with Gasteiger partial charge in [-0.25, -0.2) is 9.98 Å². The van der Waals surface area contributed by atoms with Crippen molar-refractivity contribution in [3.05, 3.63) is 23.9 Å². The summed E-state index contributed by atoms with van der Waals surface area (Å²) in [7, 11) is 0. The second-order valence-electron chi connectivity index (χ2n) is 4.70. The monoisotopic (exact) mass is 391 g/mol. The Morgan fingerprint density at radius 2 is 2.00 bits per heavy atom.